The molecule has 1 heterocycles. The van der Waals surface area contributed by atoms with Crippen LogP contribution < -0.4 is 0 Å². The number of fused-ring (bicyclic) bond motifs is 1. The Morgan fingerprint density at radius 2 is 2.29 bits per heavy atom. The van der Waals surface area contributed by atoms with Gasteiger partial charge in [-0.25, -0.2) is 0 Å². The molecule has 0 aliphatic carbocycles. The number of benzene rings is 1. The molecule has 2 aromatic rings. The van der Waals surface area contributed by atoms with Crippen LogP contribution in [0.1, 0.15) is 23.0 Å². The van der Waals surface area contributed by atoms with Gasteiger partial charge >= 0.3 is 0 Å². The highest BCUT2D eigenvalue weighted by molar-refractivity contribution is 9.10. The maximum atomic E-state index is 10.9. The molecule has 0 bridgehead atoms. The lowest BCUT2D eigenvalue weighted by Gasteiger charge is -1.89. The van der Waals surface area contributed by atoms with Gasteiger partial charge in [0.15, 0.2) is 6.29 Å². The molecule has 0 amide bonds. The minimum Gasteiger partial charge on any atom is -0.460 e. The number of aryl methyl sites for hydroxylation is 1. The van der Waals surface area contributed by atoms with Crippen LogP contribution in [-0.2, 0) is 6.42 Å². The zero-order chi connectivity index (χ0) is 10.1. The van der Waals surface area contributed by atoms with Gasteiger partial charge in [0.1, 0.15) is 11.3 Å². The average Bonchev–Trinajstić information content (AvgIpc) is 2.54. The number of furan rings is 1. The van der Waals surface area contributed by atoms with E-state index >= 15 is 0 Å². The fourth-order valence-corrected chi connectivity index (χ4v) is 1.87. The second-order valence-electron chi connectivity index (χ2n) is 3.05. The van der Waals surface area contributed by atoms with E-state index in [0.717, 1.165) is 33.9 Å². The van der Waals surface area contributed by atoms with Gasteiger partial charge in [-0.3, -0.25) is 4.79 Å². The second-order valence-corrected chi connectivity index (χ2v) is 3.97. The molecule has 0 atom stereocenters. The quantitative estimate of drug-likeness (QED) is 0.766. The van der Waals surface area contributed by atoms with Crippen molar-refractivity contribution in [1.82, 2.24) is 0 Å². The largest absolute Gasteiger partial charge is 0.460 e. The molecule has 72 valence electrons. The topological polar surface area (TPSA) is 30.2 Å². The first-order valence-corrected chi connectivity index (χ1v) is 5.21. The number of hydrogen-bond acceptors (Lipinski definition) is 2. The minimum atomic E-state index is 0.676. The summed E-state index contributed by atoms with van der Waals surface area (Å²) in [5.41, 5.74) is 1.44. The Balaban J connectivity index is 2.79. The highest BCUT2D eigenvalue weighted by atomic mass is 79.9. The molecule has 0 radical (unpaired) electrons. The van der Waals surface area contributed by atoms with Gasteiger partial charge in [0.05, 0.1) is 5.56 Å². The summed E-state index contributed by atoms with van der Waals surface area (Å²) in [6.45, 7) is 1.97. The van der Waals surface area contributed by atoms with Crippen molar-refractivity contribution in [2.45, 2.75) is 13.3 Å². The van der Waals surface area contributed by atoms with Crippen LogP contribution in [0.25, 0.3) is 11.0 Å². The SMILES string of the molecule is CCc1oc2cc(Br)ccc2c1C=O. The zero-order valence-corrected chi connectivity index (χ0v) is 9.30. The van der Waals surface area contributed by atoms with Crippen molar-refractivity contribution in [1.29, 1.82) is 0 Å². The van der Waals surface area contributed by atoms with E-state index in [0.29, 0.717) is 5.56 Å². The summed E-state index contributed by atoms with van der Waals surface area (Å²) in [6, 6.07) is 5.68. The summed E-state index contributed by atoms with van der Waals surface area (Å²) in [7, 11) is 0. The smallest absolute Gasteiger partial charge is 0.154 e. The highest BCUT2D eigenvalue weighted by Gasteiger charge is 2.11. The normalized spacial score (nSPS) is 10.7. The fraction of sp³-hybridized carbons (Fsp3) is 0.182. The molecule has 1 aromatic heterocycles. The van der Waals surface area contributed by atoms with E-state index in [1.54, 1.807) is 0 Å². The second kappa shape index (κ2) is 3.58. The lowest BCUT2D eigenvalue weighted by atomic mass is 10.1. The van der Waals surface area contributed by atoms with Crippen molar-refractivity contribution in [2.24, 2.45) is 0 Å². The number of halogens is 1. The fourth-order valence-electron chi connectivity index (χ4n) is 1.53. The summed E-state index contributed by atoms with van der Waals surface area (Å²) >= 11 is 3.36. The molecule has 0 fully saturated rings. The number of aldehydes is 1. The number of carbonyl (C=O) groups is 1. The van der Waals surface area contributed by atoms with Crippen LogP contribution in [0.15, 0.2) is 27.1 Å². The lowest BCUT2D eigenvalue weighted by molar-refractivity contribution is 0.112. The first-order chi connectivity index (χ1) is 6.76. The molecule has 3 heteroatoms. The Morgan fingerprint density at radius 3 is 2.93 bits per heavy atom. The Bertz CT molecular complexity index is 485. The summed E-state index contributed by atoms with van der Waals surface area (Å²) in [6.07, 6.45) is 1.60. The van der Waals surface area contributed by atoms with Gasteiger partial charge < -0.3 is 4.42 Å². The minimum absolute atomic E-state index is 0.676. The van der Waals surface area contributed by atoms with Gasteiger partial charge in [-0.15, -0.1) is 0 Å². The number of rotatable bonds is 2. The summed E-state index contributed by atoms with van der Waals surface area (Å²) in [4.78, 5) is 10.9. The van der Waals surface area contributed by atoms with Crippen LogP contribution in [0, 0.1) is 0 Å². The van der Waals surface area contributed by atoms with E-state index in [1.807, 2.05) is 25.1 Å². The van der Waals surface area contributed by atoms with Crippen LogP contribution in [0.5, 0.6) is 0 Å². The third-order valence-electron chi connectivity index (χ3n) is 2.21. The third-order valence-corrected chi connectivity index (χ3v) is 2.70. The Kier molecular flexibility index (Phi) is 2.42. The highest BCUT2D eigenvalue weighted by Crippen LogP contribution is 2.27. The van der Waals surface area contributed by atoms with Crippen molar-refractivity contribution >= 4 is 33.2 Å². The maximum Gasteiger partial charge on any atom is 0.154 e. The maximum absolute atomic E-state index is 10.9. The van der Waals surface area contributed by atoms with Gasteiger partial charge in [-0.2, -0.15) is 0 Å². The van der Waals surface area contributed by atoms with Crippen molar-refractivity contribution in [2.75, 3.05) is 0 Å². The van der Waals surface area contributed by atoms with Crippen molar-refractivity contribution < 1.29 is 9.21 Å². The number of carbonyl (C=O) groups excluding carboxylic acids is 1. The van der Waals surface area contributed by atoms with Crippen LogP contribution in [0.4, 0.5) is 0 Å². The molecule has 14 heavy (non-hydrogen) atoms. The lowest BCUT2D eigenvalue weighted by Crippen LogP contribution is -1.83. The van der Waals surface area contributed by atoms with Crippen molar-refractivity contribution in [3.63, 3.8) is 0 Å². The van der Waals surface area contributed by atoms with Crippen molar-refractivity contribution in [3.8, 4) is 0 Å². The molecule has 1 aromatic carbocycles. The van der Waals surface area contributed by atoms with E-state index in [2.05, 4.69) is 15.9 Å². The molecule has 0 saturated carbocycles. The van der Waals surface area contributed by atoms with E-state index in [-0.39, 0.29) is 0 Å². The van der Waals surface area contributed by atoms with Gasteiger partial charge in [0.2, 0.25) is 0 Å². The van der Waals surface area contributed by atoms with Crippen LogP contribution in [0.3, 0.4) is 0 Å². The molecule has 0 aliphatic heterocycles. The zero-order valence-electron chi connectivity index (χ0n) is 7.71. The molecule has 0 saturated heterocycles. The van der Waals surface area contributed by atoms with Crippen LogP contribution >= 0.6 is 15.9 Å². The van der Waals surface area contributed by atoms with E-state index in [1.165, 1.54) is 0 Å². The first kappa shape index (κ1) is 9.46. The van der Waals surface area contributed by atoms with E-state index in [9.17, 15) is 4.79 Å². The molecule has 0 spiro atoms. The van der Waals surface area contributed by atoms with Gasteiger partial charge in [0.25, 0.3) is 0 Å². The van der Waals surface area contributed by atoms with Crippen LogP contribution in [-0.4, -0.2) is 6.29 Å². The molecule has 2 nitrogen and oxygen atoms in total. The predicted molar refractivity (Wildman–Crippen MR) is 58.7 cm³/mol. The van der Waals surface area contributed by atoms with Gasteiger partial charge in [-0.1, -0.05) is 22.9 Å². The summed E-state index contributed by atoms with van der Waals surface area (Å²) < 4.78 is 6.52. The molecular formula is C11H9BrO2. The molecule has 2 rings (SSSR count). The molecule has 0 N–H and O–H groups in total. The average molecular weight is 253 g/mol. The predicted octanol–water partition coefficient (Wildman–Crippen LogP) is 3.57. The summed E-state index contributed by atoms with van der Waals surface area (Å²) in [5, 5.41) is 0.889. The molecule has 0 aliphatic rings. The van der Waals surface area contributed by atoms with Crippen molar-refractivity contribution in [3.05, 3.63) is 34.0 Å². The Morgan fingerprint density at radius 1 is 1.50 bits per heavy atom. The van der Waals surface area contributed by atoms with Gasteiger partial charge in [0, 0.05) is 16.3 Å². The third kappa shape index (κ3) is 1.38. The van der Waals surface area contributed by atoms with Crippen LogP contribution in [0.2, 0.25) is 0 Å². The molecule has 0 unspecified atom stereocenters. The standard InChI is InChI=1S/C11H9BrO2/c1-2-10-9(6-13)8-4-3-7(12)5-11(8)14-10/h3-6H,2H2,1H3. The van der Waals surface area contributed by atoms with Gasteiger partial charge in [-0.05, 0) is 18.2 Å². The van der Waals surface area contributed by atoms with E-state index < -0.39 is 0 Å². The molecular weight excluding hydrogens is 244 g/mol. The number of hydrogen-bond donors (Lipinski definition) is 0. The first-order valence-electron chi connectivity index (χ1n) is 4.42. The Labute approximate surface area is 90.0 Å². The van der Waals surface area contributed by atoms with E-state index in [4.69, 9.17) is 4.42 Å². The summed E-state index contributed by atoms with van der Waals surface area (Å²) in [5.74, 6) is 0.758. The monoisotopic (exact) mass is 252 g/mol. The Hall–Kier alpha value is -1.09.